The summed E-state index contributed by atoms with van der Waals surface area (Å²) in [5.41, 5.74) is 4.48. The maximum absolute atomic E-state index is 13.4. The van der Waals surface area contributed by atoms with Crippen LogP contribution in [0.2, 0.25) is 0 Å². The molecular formula is C25H25FN6O. The molecule has 4 heterocycles. The fourth-order valence-corrected chi connectivity index (χ4v) is 4.42. The molecule has 1 aromatic carbocycles. The monoisotopic (exact) mass is 444 g/mol. The van der Waals surface area contributed by atoms with Gasteiger partial charge in [-0.25, -0.2) is 14.4 Å². The fraction of sp³-hybridized carbons (Fsp3) is 0.280. The molecule has 0 aliphatic carbocycles. The molecule has 1 aliphatic rings. The normalized spacial score (nSPS) is 14.5. The minimum Gasteiger partial charge on any atom is -0.365 e. The summed E-state index contributed by atoms with van der Waals surface area (Å²) in [4.78, 5) is 30.6. The third-order valence-electron chi connectivity index (χ3n) is 6.21. The minimum atomic E-state index is -0.261. The third kappa shape index (κ3) is 4.55. The number of nitrogens with one attached hydrogen (secondary N) is 2. The molecule has 7 nitrogen and oxygen atoms in total. The lowest BCUT2D eigenvalue weighted by Gasteiger charge is -2.30. The summed E-state index contributed by atoms with van der Waals surface area (Å²) >= 11 is 0. The Morgan fingerprint density at radius 3 is 2.85 bits per heavy atom. The maximum atomic E-state index is 13.4. The zero-order chi connectivity index (χ0) is 22.8. The van der Waals surface area contributed by atoms with Gasteiger partial charge in [-0.3, -0.25) is 9.78 Å². The van der Waals surface area contributed by atoms with Crippen LogP contribution in [0.3, 0.4) is 0 Å². The fourth-order valence-electron chi connectivity index (χ4n) is 4.42. The molecular weight excluding hydrogens is 419 g/mol. The molecule has 8 heteroatoms. The number of halogens is 1. The first-order valence-corrected chi connectivity index (χ1v) is 11.1. The zero-order valence-electron chi connectivity index (χ0n) is 18.4. The number of amides is 1. The number of rotatable bonds is 5. The van der Waals surface area contributed by atoms with Gasteiger partial charge in [0.2, 0.25) is 5.91 Å². The first-order valence-electron chi connectivity index (χ1n) is 11.1. The SMILES string of the molecule is CC(=O)N1CCC(c2cc3c(-c4cncc(NCc5cccc(F)c5)n4)ccnc3[nH]2)CC1. The van der Waals surface area contributed by atoms with Gasteiger partial charge >= 0.3 is 0 Å². The molecule has 5 rings (SSSR count). The first-order chi connectivity index (χ1) is 16.1. The second-order valence-electron chi connectivity index (χ2n) is 8.40. The van der Waals surface area contributed by atoms with Crippen molar-refractivity contribution in [2.24, 2.45) is 0 Å². The van der Waals surface area contributed by atoms with E-state index in [9.17, 15) is 9.18 Å². The number of hydrogen-bond acceptors (Lipinski definition) is 5. The molecule has 1 saturated heterocycles. The van der Waals surface area contributed by atoms with Crippen LogP contribution in [0.5, 0.6) is 0 Å². The highest BCUT2D eigenvalue weighted by molar-refractivity contribution is 5.92. The molecule has 1 amide bonds. The predicted molar refractivity (Wildman–Crippen MR) is 125 cm³/mol. The number of piperidine rings is 1. The van der Waals surface area contributed by atoms with Crippen LogP contribution in [-0.2, 0) is 11.3 Å². The van der Waals surface area contributed by atoms with Crippen LogP contribution in [0.4, 0.5) is 10.2 Å². The largest absolute Gasteiger partial charge is 0.365 e. The van der Waals surface area contributed by atoms with E-state index in [2.05, 4.69) is 26.3 Å². The topological polar surface area (TPSA) is 86.8 Å². The van der Waals surface area contributed by atoms with Crippen molar-refractivity contribution in [2.45, 2.75) is 32.2 Å². The van der Waals surface area contributed by atoms with Gasteiger partial charge in [0, 0.05) is 55.3 Å². The van der Waals surface area contributed by atoms with E-state index in [-0.39, 0.29) is 11.7 Å². The van der Waals surface area contributed by atoms with Crippen molar-refractivity contribution in [3.63, 3.8) is 0 Å². The van der Waals surface area contributed by atoms with E-state index in [4.69, 9.17) is 4.98 Å². The van der Waals surface area contributed by atoms with Crippen LogP contribution < -0.4 is 5.32 Å². The summed E-state index contributed by atoms with van der Waals surface area (Å²) in [5.74, 6) is 0.865. The highest BCUT2D eigenvalue weighted by Crippen LogP contribution is 2.33. The molecule has 0 saturated carbocycles. The van der Waals surface area contributed by atoms with Gasteiger partial charge in [0.15, 0.2) is 0 Å². The number of hydrogen-bond donors (Lipinski definition) is 2. The second kappa shape index (κ2) is 8.97. The first kappa shape index (κ1) is 21.1. The Balaban J connectivity index is 1.37. The van der Waals surface area contributed by atoms with Crippen molar-refractivity contribution in [1.82, 2.24) is 24.8 Å². The second-order valence-corrected chi connectivity index (χ2v) is 8.40. The number of fused-ring (bicyclic) bond motifs is 1. The standard InChI is InChI=1S/C25H25FN6O/c1-16(33)32-9-6-18(7-10-32)22-12-21-20(5-8-28-25(21)31-22)23-14-27-15-24(30-23)29-13-17-3-2-4-19(26)11-17/h2-5,8,11-12,14-15,18H,6-7,9-10,13H2,1H3,(H,28,31)(H,29,30). The Kier molecular flexibility index (Phi) is 5.73. The molecule has 0 unspecified atom stereocenters. The number of carbonyl (C=O) groups is 1. The number of pyridine rings is 1. The molecule has 168 valence electrons. The van der Waals surface area contributed by atoms with Gasteiger partial charge in [-0.2, -0.15) is 0 Å². The van der Waals surface area contributed by atoms with Crippen LogP contribution in [0.25, 0.3) is 22.3 Å². The Morgan fingerprint density at radius 1 is 1.21 bits per heavy atom. The van der Waals surface area contributed by atoms with Gasteiger partial charge in [0.25, 0.3) is 0 Å². The van der Waals surface area contributed by atoms with Gasteiger partial charge < -0.3 is 15.2 Å². The summed E-state index contributed by atoms with van der Waals surface area (Å²) in [5, 5.41) is 4.22. The molecule has 1 aliphatic heterocycles. The van der Waals surface area contributed by atoms with Crippen molar-refractivity contribution in [3.05, 3.63) is 72.1 Å². The van der Waals surface area contributed by atoms with Crippen LogP contribution >= 0.6 is 0 Å². The highest BCUT2D eigenvalue weighted by Gasteiger charge is 2.24. The Labute approximate surface area is 191 Å². The summed E-state index contributed by atoms with van der Waals surface area (Å²) < 4.78 is 13.4. The van der Waals surface area contributed by atoms with Crippen LogP contribution in [-0.4, -0.2) is 43.8 Å². The van der Waals surface area contributed by atoms with Gasteiger partial charge in [-0.15, -0.1) is 0 Å². The van der Waals surface area contributed by atoms with Crippen LogP contribution in [0.1, 0.15) is 36.9 Å². The number of aromatic amines is 1. The van der Waals surface area contributed by atoms with Gasteiger partial charge in [-0.1, -0.05) is 12.1 Å². The molecule has 0 atom stereocenters. The smallest absolute Gasteiger partial charge is 0.219 e. The van der Waals surface area contributed by atoms with Crippen LogP contribution in [0.15, 0.2) is 55.0 Å². The molecule has 2 N–H and O–H groups in total. The maximum Gasteiger partial charge on any atom is 0.219 e. The van der Waals surface area contributed by atoms with Gasteiger partial charge in [-0.05, 0) is 42.7 Å². The van der Waals surface area contributed by atoms with E-state index in [1.807, 2.05) is 17.0 Å². The number of carbonyl (C=O) groups excluding carboxylic acids is 1. The van der Waals surface area contributed by atoms with E-state index in [0.717, 1.165) is 59.5 Å². The third-order valence-corrected chi connectivity index (χ3v) is 6.21. The lowest BCUT2D eigenvalue weighted by atomic mass is 9.93. The van der Waals surface area contributed by atoms with E-state index in [1.165, 1.54) is 12.1 Å². The van der Waals surface area contributed by atoms with Crippen LogP contribution in [0, 0.1) is 5.82 Å². The number of anilines is 1. The van der Waals surface area contributed by atoms with Gasteiger partial charge in [0.1, 0.15) is 17.3 Å². The van der Waals surface area contributed by atoms with E-state index in [0.29, 0.717) is 18.3 Å². The van der Waals surface area contributed by atoms with E-state index in [1.54, 1.807) is 31.6 Å². The predicted octanol–water partition coefficient (Wildman–Crippen LogP) is 4.50. The average molecular weight is 445 g/mol. The van der Waals surface area contributed by atoms with Crippen molar-refractivity contribution in [1.29, 1.82) is 0 Å². The quantitative estimate of drug-likeness (QED) is 0.473. The number of nitrogens with zero attached hydrogens (tertiary/aromatic N) is 4. The summed E-state index contributed by atoms with van der Waals surface area (Å²) in [6.07, 6.45) is 7.03. The van der Waals surface area contributed by atoms with Crippen molar-refractivity contribution in [2.75, 3.05) is 18.4 Å². The molecule has 3 aromatic heterocycles. The summed E-state index contributed by atoms with van der Waals surface area (Å²) in [6, 6.07) is 10.6. The molecule has 33 heavy (non-hydrogen) atoms. The summed E-state index contributed by atoms with van der Waals surface area (Å²) in [6.45, 7) is 3.64. The lowest BCUT2D eigenvalue weighted by Crippen LogP contribution is -2.36. The average Bonchev–Trinajstić information content (AvgIpc) is 3.28. The molecule has 0 radical (unpaired) electrons. The Bertz CT molecular complexity index is 1300. The molecule has 1 fully saturated rings. The highest BCUT2D eigenvalue weighted by atomic mass is 19.1. The Morgan fingerprint density at radius 2 is 2.06 bits per heavy atom. The molecule has 0 spiro atoms. The zero-order valence-corrected chi connectivity index (χ0v) is 18.4. The Hall–Kier alpha value is -3.81. The lowest BCUT2D eigenvalue weighted by molar-refractivity contribution is -0.129. The molecule has 0 bridgehead atoms. The number of H-pyrrole nitrogens is 1. The minimum absolute atomic E-state index is 0.138. The van der Waals surface area contributed by atoms with Gasteiger partial charge in [0.05, 0.1) is 18.1 Å². The summed E-state index contributed by atoms with van der Waals surface area (Å²) in [7, 11) is 0. The number of aromatic nitrogens is 4. The van der Waals surface area contributed by atoms with Crippen molar-refractivity contribution in [3.8, 4) is 11.3 Å². The number of benzene rings is 1. The van der Waals surface area contributed by atoms with E-state index < -0.39 is 0 Å². The van der Waals surface area contributed by atoms with Crippen molar-refractivity contribution < 1.29 is 9.18 Å². The van der Waals surface area contributed by atoms with Crippen molar-refractivity contribution >= 4 is 22.8 Å². The van der Waals surface area contributed by atoms with E-state index >= 15 is 0 Å². The number of likely N-dealkylation sites (tertiary alicyclic amines) is 1. The molecule has 4 aromatic rings.